The van der Waals surface area contributed by atoms with Crippen LogP contribution >= 0.6 is 15.9 Å². The van der Waals surface area contributed by atoms with E-state index in [0.717, 1.165) is 35.8 Å². The van der Waals surface area contributed by atoms with Crippen molar-refractivity contribution in [2.24, 2.45) is 5.41 Å². The van der Waals surface area contributed by atoms with Crippen molar-refractivity contribution in [2.75, 3.05) is 13.1 Å². The number of hydrogen-bond acceptors (Lipinski definition) is 4. The number of rotatable bonds is 1. The van der Waals surface area contributed by atoms with Crippen LogP contribution < -0.4 is 0 Å². The Kier molecular flexibility index (Phi) is 4.41. The van der Waals surface area contributed by atoms with Gasteiger partial charge >= 0.3 is 6.09 Å². The van der Waals surface area contributed by atoms with Crippen molar-refractivity contribution in [3.05, 3.63) is 28.5 Å². The Hall–Kier alpha value is -1.14. The number of aliphatic hydroxyl groups is 1. The van der Waals surface area contributed by atoms with E-state index in [-0.39, 0.29) is 11.5 Å². The third-order valence-corrected chi connectivity index (χ3v) is 5.48. The molecule has 0 atom stereocenters. The first-order chi connectivity index (χ1) is 11.1. The van der Waals surface area contributed by atoms with Gasteiger partial charge in [0.2, 0.25) is 0 Å². The van der Waals surface area contributed by atoms with E-state index in [4.69, 9.17) is 4.74 Å². The molecule has 1 aliphatic carbocycles. The summed E-state index contributed by atoms with van der Waals surface area (Å²) in [6.07, 6.45) is 4.74. The summed E-state index contributed by atoms with van der Waals surface area (Å²) in [5.41, 5.74) is -0.418. The quantitative estimate of drug-likeness (QED) is 0.782. The van der Waals surface area contributed by atoms with Crippen molar-refractivity contribution in [2.45, 2.75) is 57.7 Å². The van der Waals surface area contributed by atoms with Crippen molar-refractivity contribution in [1.82, 2.24) is 9.88 Å². The van der Waals surface area contributed by atoms with Crippen LogP contribution in [0.2, 0.25) is 0 Å². The smallest absolute Gasteiger partial charge is 0.410 e. The Bertz CT molecular complexity index is 608. The van der Waals surface area contributed by atoms with Crippen molar-refractivity contribution in [1.29, 1.82) is 0 Å². The van der Waals surface area contributed by atoms with Crippen LogP contribution in [0.25, 0.3) is 0 Å². The van der Waals surface area contributed by atoms with Crippen LogP contribution in [0.1, 0.15) is 52.1 Å². The second kappa shape index (κ2) is 5.99. The van der Waals surface area contributed by atoms with Gasteiger partial charge in [-0.2, -0.15) is 0 Å². The molecule has 0 radical (unpaired) electrons. The summed E-state index contributed by atoms with van der Waals surface area (Å²) in [5, 5.41) is 10.8. The van der Waals surface area contributed by atoms with Crippen LogP contribution in [0.3, 0.4) is 0 Å². The Morgan fingerprint density at radius 2 is 1.92 bits per heavy atom. The molecule has 6 heteroatoms. The number of pyridine rings is 1. The molecule has 0 bridgehead atoms. The van der Waals surface area contributed by atoms with E-state index in [0.29, 0.717) is 13.1 Å². The molecule has 132 valence electrons. The molecule has 1 aromatic rings. The third-order valence-electron chi connectivity index (χ3n) is 5.01. The zero-order valence-corrected chi connectivity index (χ0v) is 16.1. The van der Waals surface area contributed by atoms with Crippen LogP contribution in [-0.2, 0) is 10.3 Å². The molecular formula is C18H25BrN2O3. The average molecular weight is 397 g/mol. The van der Waals surface area contributed by atoms with E-state index in [1.807, 2.05) is 32.9 Å². The van der Waals surface area contributed by atoms with Crippen molar-refractivity contribution in [3.63, 3.8) is 0 Å². The van der Waals surface area contributed by atoms with Gasteiger partial charge < -0.3 is 14.7 Å². The van der Waals surface area contributed by atoms with Gasteiger partial charge in [-0.3, -0.25) is 4.98 Å². The molecule has 1 saturated carbocycles. The third kappa shape index (κ3) is 3.59. The first-order valence-electron chi connectivity index (χ1n) is 8.43. The predicted molar refractivity (Wildman–Crippen MR) is 94.5 cm³/mol. The highest BCUT2D eigenvalue weighted by Gasteiger charge is 2.56. The Morgan fingerprint density at radius 3 is 2.42 bits per heavy atom. The lowest BCUT2D eigenvalue weighted by molar-refractivity contribution is -0.156. The molecule has 1 saturated heterocycles. The van der Waals surface area contributed by atoms with Gasteiger partial charge in [0.15, 0.2) is 0 Å². The van der Waals surface area contributed by atoms with E-state index >= 15 is 0 Å². The number of hydrogen-bond donors (Lipinski definition) is 1. The van der Waals surface area contributed by atoms with Crippen LogP contribution in [0.4, 0.5) is 4.79 Å². The number of amides is 1. The maximum Gasteiger partial charge on any atom is 0.410 e. The standard InChI is InChI=1S/C18H25BrN2O3/c1-16(2,3)24-15(22)21-8-6-17(7-9-21)11-18(23,12-17)14-5-4-13(19)10-20-14/h4-5,10,23H,6-9,11-12H2,1-3H3. The van der Waals surface area contributed by atoms with Crippen LogP contribution in [0, 0.1) is 5.41 Å². The first kappa shape index (κ1) is 17.7. The number of halogens is 1. The van der Waals surface area contributed by atoms with Gasteiger partial charge in [0.05, 0.1) is 5.69 Å². The van der Waals surface area contributed by atoms with E-state index in [1.54, 1.807) is 11.1 Å². The summed E-state index contributed by atoms with van der Waals surface area (Å²) in [5.74, 6) is 0. The van der Waals surface area contributed by atoms with Crippen molar-refractivity contribution >= 4 is 22.0 Å². The highest BCUT2D eigenvalue weighted by atomic mass is 79.9. The zero-order chi connectivity index (χ0) is 17.6. The molecule has 24 heavy (non-hydrogen) atoms. The van der Waals surface area contributed by atoms with E-state index in [2.05, 4.69) is 20.9 Å². The Morgan fingerprint density at radius 1 is 1.29 bits per heavy atom. The molecule has 0 aromatic carbocycles. The van der Waals surface area contributed by atoms with Crippen LogP contribution in [0.15, 0.2) is 22.8 Å². The number of aromatic nitrogens is 1. The lowest BCUT2D eigenvalue weighted by Crippen LogP contribution is -2.55. The lowest BCUT2D eigenvalue weighted by atomic mass is 9.54. The molecule has 0 unspecified atom stereocenters. The summed E-state index contributed by atoms with van der Waals surface area (Å²) >= 11 is 3.37. The minimum Gasteiger partial charge on any atom is -0.444 e. The highest BCUT2D eigenvalue weighted by molar-refractivity contribution is 9.10. The predicted octanol–water partition coefficient (Wildman–Crippen LogP) is 3.84. The van der Waals surface area contributed by atoms with E-state index in [9.17, 15) is 9.90 Å². The van der Waals surface area contributed by atoms with Crippen LogP contribution in [-0.4, -0.2) is 39.8 Å². The molecule has 2 fully saturated rings. The summed E-state index contributed by atoms with van der Waals surface area (Å²) in [6.45, 7) is 7.03. The maximum absolute atomic E-state index is 12.2. The molecule has 5 nitrogen and oxygen atoms in total. The monoisotopic (exact) mass is 396 g/mol. The van der Waals surface area contributed by atoms with Crippen LogP contribution in [0.5, 0.6) is 0 Å². The summed E-state index contributed by atoms with van der Waals surface area (Å²) in [4.78, 5) is 18.3. The Labute approximate surface area is 151 Å². The number of nitrogens with zero attached hydrogens (tertiary/aromatic N) is 2. The minimum atomic E-state index is -0.825. The van der Waals surface area contributed by atoms with Gasteiger partial charge in [-0.1, -0.05) is 0 Å². The molecule has 1 amide bonds. The number of carbonyl (C=O) groups is 1. The lowest BCUT2D eigenvalue weighted by Gasteiger charge is -2.56. The normalized spacial score (nSPS) is 22.1. The number of piperidine rings is 1. The fraction of sp³-hybridized carbons (Fsp3) is 0.667. The number of likely N-dealkylation sites (tertiary alicyclic amines) is 1. The fourth-order valence-corrected chi connectivity index (χ4v) is 4.10. The topological polar surface area (TPSA) is 62.7 Å². The minimum absolute atomic E-state index is 0.127. The first-order valence-corrected chi connectivity index (χ1v) is 9.23. The Balaban J connectivity index is 1.56. The zero-order valence-electron chi connectivity index (χ0n) is 14.5. The second-order valence-electron chi connectivity index (χ2n) is 8.21. The van der Waals surface area contributed by atoms with Gasteiger partial charge in [0.1, 0.15) is 11.2 Å². The molecule has 1 spiro atoms. The van der Waals surface area contributed by atoms with Crippen molar-refractivity contribution < 1.29 is 14.6 Å². The van der Waals surface area contributed by atoms with Gasteiger partial charge in [-0.15, -0.1) is 0 Å². The van der Waals surface area contributed by atoms with Gasteiger partial charge in [-0.05, 0) is 79.9 Å². The molecule has 3 rings (SSSR count). The van der Waals surface area contributed by atoms with E-state index < -0.39 is 11.2 Å². The second-order valence-corrected chi connectivity index (χ2v) is 9.13. The van der Waals surface area contributed by atoms with E-state index in [1.165, 1.54) is 0 Å². The summed E-state index contributed by atoms with van der Waals surface area (Å²) in [7, 11) is 0. The van der Waals surface area contributed by atoms with Gasteiger partial charge in [-0.25, -0.2) is 4.79 Å². The number of ether oxygens (including phenoxy) is 1. The highest BCUT2D eigenvalue weighted by Crippen LogP contribution is 2.58. The molecular weight excluding hydrogens is 372 g/mol. The molecule has 1 aliphatic heterocycles. The molecule has 2 aliphatic rings. The summed E-state index contributed by atoms with van der Waals surface area (Å²) < 4.78 is 6.35. The maximum atomic E-state index is 12.2. The fourth-order valence-electron chi connectivity index (χ4n) is 3.86. The summed E-state index contributed by atoms with van der Waals surface area (Å²) in [6, 6.07) is 3.79. The largest absolute Gasteiger partial charge is 0.444 e. The molecule has 1 aromatic heterocycles. The SMILES string of the molecule is CC(C)(C)OC(=O)N1CCC2(CC1)CC(O)(c1ccc(Br)cn1)C2. The molecule has 1 N–H and O–H groups in total. The van der Waals surface area contributed by atoms with Gasteiger partial charge in [0.25, 0.3) is 0 Å². The molecule has 2 heterocycles. The number of carbonyl (C=O) groups excluding carboxylic acids is 1. The average Bonchev–Trinajstić information content (AvgIpc) is 2.45. The van der Waals surface area contributed by atoms with Gasteiger partial charge in [0, 0.05) is 23.8 Å². The van der Waals surface area contributed by atoms with Crippen molar-refractivity contribution in [3.8, 4) is 0 Å².